The summed E-state index contributed by atoms with van der Waals surface area (Å²) in [5.74, 6) is -1.96. The Balaban J connectivity index is 1.82. The number of esters is 1. The van der Waals surface area contributed by atoms with E-state index in [9.17, 15) is 18.8 Å². The summed E-state index contributed by atoms with van der Waals surface area (Å²) in [6, 6.07) is 5.04. The summed E-state index contributed by atoms with van der Waals surface area (Å²) in [5, 5.41) is 14.3. The number of rotatable bonds is 5. The van der Waals surface area contributed by atoms with Gasteiger partial charge in [0, 0.05) is 24.2 Å². The molecule has 1 aliphatic rings. The minimum atomic E-state index is -0.675. The quantitative estimate of drug-likeness (QED) is 0.372. The van der Waals surface area contributed by atoms with Gasteiger partial charge in [0.25, 0.3) is 11.5 Å². The molecule has 0 bridgehead atoms. The van der Waals surface area contributed by atoms with Crippen LogP contribution in [0.3, 0.4) is 0 Å². The molecule has 1 saturated carbocycles. The highest BCUT2D eigenvalue weighted by Gasteiger charge is 2.28. The van der Waals surface area contributed by atoms with Gasteiger partial charge in [0.1, 0.15) is 17.2 Å². The molecule has 9 nitrogen and oxygen atoms in total. The van der Waals surface area contributed by atoms with Gasteiger partial charge in [-0.05, 0) is 43.9 Å². The molecule has 1 aromatic heterocycles. The van der Waals surface area contributed by atoms with Crippen LogP contribution in [0.5, 0.6) is 0 Å². The summed E-state index contributed by atoms with van der Waals surface area (Å²) in [7, 11) is 2.73. The van der Waals surface area contributed by atoms with Crippen LogP contribution in [0.2, 0.25) is 0 Å². The van der Waals surface area contributed by atoms with E-state index >= 15 is 0 Å². The molecule has 10 heteroatoms. The summed E-state index contributed by atoms with van der Waals surface area (Å²) >= 11 is 0. The Morgan fingerprint density at radius 1 is 1.26 bits per heavy atom. The van der Waals surface area contributed by atoms with Crippen LogP contribution >= 0.6 is 0 Å². The van der Waals surface area contributed by atoms with Gasteiger partial charge < -0.3 is 15.8 Å². The third-order valence-corrected chi connectivity index (χ3v) is 5.46. The predicted octanol–water partition coefficient (Wildman–Crippen LogP) is 1.33. The monoisotopic (exact) mass is 429 g/mol. The first-order valence-electron chi connectivity index (χ1n) is 9.82. The highest BCUT2D eigenvalue weighted by molar-refractivity contribution is 5.96. The second kappa shape index (κ2) is 9.07. The Bertz CT molecular complexity index is 1090. The number of carbonyl (C=O) groups is 2. The highest BCUT2D eigenvalue weighted by atomic mass is 19.1. The lowest BCUT2D eigenvalue weighted by molar-refractivity contribution is -0.146. The first-order chi connectivity index (χ1) is 14.7. The molecular weight excluding hydrogens is 405 g/mol. The number of benzene rings is 1. The third kappa shape index (κ3) is 4.79. The van der Waals surface area contributed by atoms with Gasteiger partial charge in [-0.2, -0.15) is 5.10 Å². The smallest absolute Gasteiger partial charge is 0.308 e. The molecule has 0 atom stereocenters. The van der Waals surface area contributed by atoms with E-state index in [2.05, 4.69) is 10.4 Å². The third-order valence-electron chi connectivity index (χ3n) is 5.46. The molecule has 0 spiro atoms. The molecule has 1 aromatic carbocycles. The van der Waals surface area contributed by atoms with Crippen molar-refractivity contribution in [1.82, 2.24) is 15.1 Å². The van der Waals surface area contributed by atoms with Crippen LogP contribution in [-0.2, 0) is 16.6 Å². The molecule has 0 aliphatic heterocycles. The van der Waals surface area contributed by atoms with Gasteiger partial charge in [-0.1, -0.05) is 6.07 Å². The van der Waals surface area contributed by atoms with E-state index in [-0.39, 0.29) is 46.1 Å². The molecule has 1 fully saturated rings. The van der Waals surface area contributed by atoms with E-state index < -0.39 is 17.3 Å². The number of halogens is 1. The number of nitrogen functional groups attached to an aromatic ring is 1. The average molecular weight is 429 g/mol. The van der Waals surface area contributed by atoms with E-state index in [1.807, 2.05) is 0 Å². The Morgan fingerprint density at radius 2 is 1.94 bits per heavy atom. The van der Waals surface area contributed by atoms with E-state index in [1.165, 1.54) is 32.4 Å². The molecule has 2 aromatic rings. The molecule has 3 rings (SSSR count). The standard InChI is InChI=1S/C21H24FN5O4/c1-27-20(29)15(19(28)25-13-6-3-11(4-7-13)21(30)31-2)10-17(26-27)14-8-5-12(18(23)24)9-16(14)22/h5,8-11,13H,3-4,6-7H2,1-2H3,(H3,23,24)(H,25,28). The minimum Gasteiger partial charge on any atom is -0.469 e. The maximum Gasteiger partial charge on any atom is 0.308 e. The van der Waals surface area contributed by atoms with Crippen LogP contribution in [0.25, 0.3) is 11.3 Å². The van der Waals surface area contributed by atoms with Crippen molar-refractivity contribution >= 4 is 17.7 Å². The summed E-state index contributed by atoms with van der Waals surface area (Å²) in [4.78, 5) is 36.9. The maximum absolute atomic E-state index is 14.5. The molecule has 0 unspecified atom stereocenters. The number of aromatic nitrogens is 2. The SMILES string of the molecule is COC(=O)C1CCC(NC(=O)c2cc(-c3ccc(C(=N)N)cc3F)nn(C)c2=O)CC1. The average Bonchev–Trinajstić information content (AvgIpc) is 2.75. The second-order valence-electron chi connectivity index (χ2n) is 7.53. The number of aryl methyl sites for hydroxylation is 1. The number of ether oxygens (including phenoxy) is 1. The topological polar surface area (TPSA) is 140 Å². The molecule has 0 radical (unpaired) electrons. The molecule has 1 amide bonds. The zero-order valence-electron chi connectivity index (χ0n) is 17.3. The Labute approximate surface area is 177 Å². The number of nitrogens with two attached hydrogens (primary N) is 1. The lowest BCUT2D eigenvalue weighted by atomic mass is 9.86. The number of hydrogen-bond donors (Lipinski definition) is 3. The fraction of sp³-hybridized carbons (Fsp3) is 0.381. The van der Waals surface area contributed by atoms with Crippen LogP contribution in [-0.4, -0.2) is 40.6 Å². The lowest BCUT2D eigenvalue weighted by Crippen LogP contribution is -2.41. The maximum atomic E-state index is 14.5. The van der Waals surface area contributed by atoms with Crippen molar-refractivity contribution in [2.24, 2.45) is 18.7 Å². The van der Waals surface area contributed by atoms with Gasteiger partial charge in [0.2, 0.25) is 0 Å². The molecule has 31 heavy (non-hydrogen) atoms. The predicted molar refractivity (Wildman–Crippen MR) is 111 cm³/mol. The van der Waals surface area contributed by atoms with Gasteiger partial charge in [-0.25, -0.2) is 9.07 Å². The molecule has 0 saturated heterocycles. The van der Waals surface area contributed by atoms with E-state index in [4.69, 9.17) is 15.9 Å². The number of nitrogens with zero attached hydrogens (tertiary/aromatic N) is 2. The summed E-state index contributed by atoms with van der Waals surface area (Å²) in [5.41, 5.74) is 5.01. The van der Waals surface area contributed by atoms with E-state index in [0.29, 0.717) is 25.7 Å². The van der Waals surface area contributed by atoms with Gasteiger partial charge in [-0.15, -0.1) is 0 Å². The van der Waals surface area contributed by atoms with Crippen molar-refractivity contribution in [2.75, 3.05) is 7.11 Å². The number of hydrogen-bond acceptors (Lipinski definition) is 6. The first-order valence-corrected chi connectivity index (χ1v) is 9.82. The minimum absolute atomic E-state index is 0.0771. The zero-order valence-corrected chi connectivity index (χ0v) is 17.3. The highest BCUT2D eigenvalue weighted by Crippen LogP contribution is 2.26. The van der Waals surface area contributed by atoms with Crippen molar-refractivity contribution < 1.29 is 18.7 Å². The number of amides is 1. The van der Waals surface area contributed by atoms with E-state index in [0.717, 1.165) is 10.7 Å². The van der Waals surface area contributed by atoms with Gasteiger partial charge >= 0.3 is 5.97 Å². The fourth-order valence-corrected chi connectivity index (χ4v) is 3.70. The first kappa shape index (κ1) is 22.1. The van der Waals surface area contributed by atoms with Crippen LogP contribution in [0.1, 0.15) is 41.6 Å². The zero-order chi connectivity index (χ0) is 22.7. The van der Waals surface area contributed by atoms with Crippen molar-refractivity contribution in [1.29, 1.82) is 5.41 Å². The van der Waals surface area contributed by atoms with Crippen molar-refractivity contribution in [3.63, 3.8) is 0 Å². The van der Waals surface area contributed by atoms with Crippen LogP contribution < -0.4 is 16.6 Å². The molecule has 1 aliphatic carbocycles. The van der Waals surface area contributed by atoms with Crippen molar-refractivity contribution in [3.05, 3.63) is 51.6 Å². The summed E-state index contributed by atoms with van der Waals surface area (Å²) in [6.45, 7) is 0. The Morgan fingerprint density at radius 3 is 2.52 bits per heavy atom. The van der Waals surface area contributed by atoms with Gasteiger partial charge in [0.15, 0.2) is 0 Å². The fourth-order valence-electron chi connectivity index (χ4n) is 3.70. The normalized spacial score (nSPS) is 18.3. The second-order valence-corrected chi connectivity index (χ2v) is 7.53. The molecule has 4 N–H and O–H groups in total. The molecular formula is C21H24FN5O4. The largest absolute Gasteiger partial charge is 0.469 e. The van der Waals surface area contributed by atoms with Gasteiger partial charge in [-0.3, -0.25) is 19.8 Å². The van der Waals surface area contributed by atoms with Crippen molar-refractivity contribution in [3.8, 4) is 11.3 Å². The summed E-state index contributed by atoms with van der Waals surface area (Å²) < 4.78 is 20.3. The van der Waals surface area contributed by atoms with Crippen molar-refractivity contribution in [2.45, 2.75) is 31.7 Å². The molecule has 164 valence electrons. The number of methoxy groups -OCH3 is 1. The lowest BCUT2D eigenvalue weighted by Gasteiger charge is -2.27. The number of carbonyl (C=O) groups excluding carboxylic acids is 2. The van der Waals surface area contributed by atoms with Crippen LogP contribution in [0.4, 0.5) is 4.39 Å². The Hall–Kier alpha value is -3.56. The van der Waals surface area contributed by atoms with Gasteiger partial charge in [0.05, 0.1) is 18.7 Å². The van der Waals surface area contributed by atoms with Crippen LogP contribution in [0.15, 0.2) is 29.1 Å². The molecule has 1 heterocycles. The summed E-state index contributed by atoms with van der Waals surface area (Å²) in [6.07, 6.45) is 2.35. The number of amidine groups is 1. The van der Waals surface area contributed by atoms with E-state index in [1.54, 1.807) is 0 Å². The van der Waals surface area contributed by atoms with Crippen LogP contribution in [0, 0.1) is 17.1 Å². The Kier molecular flexibility index (Phi) is 6.47. The number of nitrogens with one attached hydrogen (secondary N) is 2.